The lowest BCUT2D eigenvalue weighted by Crippen LogP contribution is -2.28. The highest BCUT2D eigenvalue weighted by Crippen LogP contribution is 2.17. The zero-order chi connectivity index (χ0) is 18.8. The van der Waals surface area contributed by atoms with E-state index in [1.807, 2.05) is 19.1 Å². The second-order valence-electron chi connectivity index (χ2n) is 5.57. The summed E-state index contributed by atoms with van der Waals surface area (Å²) in [5.74, 6) is 1.15. The lowest BCUT2D eigenvalue weighted by atomic mass is 10.2. The summed E-state index contributed by atoms with van der Waals surface area (Å²) >= 11 is 0. The molecule has 0 saturated heterocycles. The van der Waals surface area contributed by atoms with Crippen molar-refractivity contribution in [2.45, 2.75) is 19.9 Å². The van der Waals surface area contributed by atoms with Gasteiger partial charge in [-0.3, -0.25) is 4.79 Å². The molecule has 26 heavy (non-hydrogen) atoms. The minimum absolute atomic E-state index is 0.0729. The lowest BCUT2D eigenvalue weighted by Gasteiger charge is -2.09. The fourth-order valence-corrected chi connectivity index (χ4v) is 2.10. The first-order chi connectivity index (χ1) is 12.6. The molecule has 0 radical (unpaired) electrons. The van der Waals surface area contributed by atoms with Crippen LogP contribution in [0.15, 0.2) is 48.5 Å². The van der Waals surface area contributed by atoms with Gasteiger partial charge in [-0.15, -0.1) is 0 Å². The lowest BCUT2D eigenvalue weighted by molar-refractivity contribution is -0.123. The minimum atomic E-state index is -0.617. The van der Waals surface area contributed by atoms with E-state index in [9.17, 15) is 9.59 Å². The average Bonchev–Trinajstić information content (AvgIpc) is 2.64. The maximum Gasteiger partial charge on any atom is 0.316 e. The van der Waals surface area contributed by atoms with Crippen molar-refractivity contribution in [2.75, 3.05) is 18.5 Å². The third-order valence-electron chi connectivity index (χ3n) is 3.38. The van der Waals surface area contributed by atoms with Crippen molar-refractivity contribution in [3.63, 3.8) is 0 Å². The van der Waals surface area contributed by atoms with Crippen molar-refractivity contribution in [3.05, 3.63) is 54.1 Å². The first-order valence-electron chi connectivity index (χ1n) is 8.34. The van der Waals surface area contributed by atoms with Crippen LogP contribution in [-0.4, -0.2) is 25.2 Å². The third-order valence-corrected chi connectivity index (χ3v) is 3.38. The van der Waals surface area contributed by atoms with Gasteiger partial charge in [0.1, 0.15) is 11.5 Å². The Labute approximate surface area is 152 Å². The van der Waals surface area contributed by atoms with Gasteiger partial charge in [0.05, 0.1) is 6.61 Å². The van der Waals surface area contributed by atoms with Crippen LogP contribution in [0.3, 0.4) is 0 Å². The molecule has 0 aromatic heterocycles. The zero-order valence-corrected chi connectivity index (χ0v) is 14.7. The highest BCUT2D eigenvalue weighted by molar-refractivity contribution is 5.87. The van der Waals surface area contributed by atoms with E-state index in [1.165, 1.54) is 0 Å². The first kappa shape index (κ1) is 19.1. The topological polar surface area (TPSA) is 103 Å². The Hall–Kier alpha value is -3.22. The van der Waals surface area contributed by atoms with Crippen LogP contribution in [0, 0.1) is 0 Å². The van der Waals surface area contributed by atoms with E-state index in [-0.39, 0.29) is 12.5 Å². The molecule has 0 aliphatic heterocycles. The molecule has 0 spiro atoms. The Balaban J connectivity index is 1.72. The largest absolute Gasteiger partial charge is 0.494 e. The summed E-state index contributed by atoms with van der Waals surface area (Å²) in [6.07, 6.45) is 0.947. The van der Waals surface area contributed by atoms with E-state index < -0.39 is 6.03 Å². The fraction of sp³-hybridized carbons (Fsp3) is 0.263. The van der Waals surface area contributed by atoms with E-state index in [0.29, 0.717) is 24.6 Å². The summed E-state index contributed by atoms with van der Waals surface area (Å²) in [4.78, 5) is 22.6. The highest BCUT2D eigenvalue weighted by atomic mass is 16.5. The molecule has 2 rings (SSSR count). The third kappa shape index (κ3) is 6.72. The zero-order valence-electron chi connectivity index (χ0n) is 14.7. The summed E-state index contributed by atoms with van der Waals surface area (Å²) in [6.45, 7) is 3.00. The number of ether oxygens (including phenoxy) is 2. The standard InChI is InChI=1S/C19H23N3O4/c1-2-11-25-16-7-9-17(10-8-16)26-13-18(23)21-12-14-3-5-15(6-4-14)22-19(20)24/h3-10H,2,11-13H2,1H3,(H,21,23)(H3,20,22,24). The Morgan fingerprint density at radius 2 is 1.58 bits per heavy atom. The quantitative estimate of drug-likeness (QED) is 0.642. The number of anilines is 1. The number of rotatable bonds is 9. The van der Waals surface area contributed by atoms with Crippen LogP contribution in [0.25, 0.3) is 0 Å². The predicted molar refractivity (Wildman–Crippen MR) is 99.2 cm³/mol. The van der Waals surface area contributed by atoms with Crippen molar-refractivity contribution in [1.82, 2.24) is 5.32 Å². The van der Waals surface area contributed by atoms with Gasteiger partial charge in [0.25, 0.3) is 5.91 Å². The number of primary amides is 1. The molecule has 0 heterocycles. The van der Waals surface area contributed by atoms with Gasteiger partial charge in [-0.2, -0.15) is 0 Å². The van der Waals surface area contributed by atoms with Crippen molar-refractivity contribution >= 4 is 17.6 Å². The van der Waals surface area contributed by atoms with Crippen LogP contribution >= 0.6 is 0 Å². The van der Waals surface area contributed by atoms with E-state index in [4.69, 9.17) is 15.2 Å². The number of carbonyl (C=O) groups is 2. The summed E-state index contributed by atoms with van der Waals surface area (Å²) in [6, 6.07) is 13.5. The van der Waals surface area contributed by atoms with E-state index in [2.05, 4.69) is 10.6 Å². The number of hydrogen-bond donors (Lipinski definition) is 3. The molecule has 2 aromatic carbocycles. The summed E-state index contributed by atoms with van der Waals surface area (Å²) in [5.41, 5.74) is 6.54. The van der Waals surface area contributed by atoms with Gasteiger partial charge >= 0.3 is 6.03 Å². The molecule has 0 fully saturated rings. The normalized spacial score (nSPS) is 10.0. The van der Waals surface area contributed by atoms with Crippen LogP contribution in [0.4, 0.5) is 10.5 Å². The molecule has 0 aliphatic rings. The number of nitrogens with two attached hydrogens (primary N) is 1. The SMILES string of the molecule is CCCOc1ccc(OCC(=O)NCc2ccc(NC(N)=O)cc2)cc1. The van der Waals surface area contributed by atoms with E-state index in [1.54, 1.807) is 36.4 Å². The van der Waals surface area contributed by atoms with Gasteiger partial charge in [0, 0.05) is 12.2 Å². The van der Waals surface area contributed by atoms with Crippen LogP contribution < -0.4 is 25.8 Å². The first-order valence-corrected chi connectivity index (χ1v) is 8.34. The fourth-order valence-electron chi connectivity index (χ4n) is 2.10. The Morgan fingerprint density at radius 1 is 0.962 bits per heavy atom. The molecular formula is C19H23N3O4. The van der Waals surface area contributed by atoms with Gasteiger partial charge in [-0.05, 0) is 48.4 Å². The predicted octanol–water partition coefficient (Wildman–Crippen LogP) is 2.66. The van der Waals surface area contributed by atoms with Crippen LogP contribution in [0.5, 0.6) is 11.5 Å². The minimum Gasteiger partial charge on any atom is -0.494 e. The molecule has 0 aliphatic carbocycles. The molecule has 3 amide bonds. The van der Waals surface area contributed by atoms with E-state index in [0.717, 1.165) is 17.7 Å². The molecule has 7 nitrogen and oxygen atoms in total. The van der Waals surface area contributed by atoms with Crippen molar-refractivity contribution in [3.8, 4) is 11.5 Å². The average molecular weight is 357 g/mol. The molecule has 4 N–H and O–H groups in total. The molecule has 0 saturated carbocycles. The number of urea groups is 1. The smallest absolute Gasteiger partial charge is 0.316 e. The molecule has 7 heteroatoms. The Kier molecular flexibility index (Phi) is 7.30. The number of carbonyl (C=O) groups excluding carboxylic acids is 2. The highest BCUT2D eigenvalue weighted by Gasteiger charge is 2.04. The molecule has 0 bridgehead atoms. The summed E-state index contributed by atoms with van der Waals surface area (Å²) in [7, 11) is 0. The van der Waals surface area contributed by atoms with Crippen molar-refractivity contribution < 1.29 is 19.1 Å². The number of amides is 3. The van der Waals surface area contributed by atoms with Gasteiger partial charge < -0.3 is 25.8 Å². The summed E-state index contributed by atoms with van der Waals surface area (Å²) in [5, 5.41) is 5.24. The second-order valence-corrected chi connectivity index (χ2v) is 5.57. The van der Waals surface area contributed by atoms with Gasteiger partial charge in [-0.25, -0.2) is 4.79 Å². The number of benzene rings is 2. The number of hydrogen-bond acceptors (Lipinski definition) is 4. The van der Waals surface area contributed by atoms with Gasteiger partial charge in [0.2, 0.25) is 0 Å². The Morgan fingerprint density at radius 3 is 2.15 bits per heavy atom. The molecule has 0 atom stereocenters. The molecular weight excluding hydrogens is 334 g/mol. The van der Waals surface area contributed by atoms with E-state index >= 15 is 0 Å². The van der Waals surface area contributed by atoms with Crippen molar-refractivity contribution in [1.29, 1.82) is 0 Å². The maximum absolute atomic E-state index is 11.9. The molecule has 0 unspecified atom stereocenters. The monoisotopic (exact) mass is 357 g/mol. The van der Waals surface area contributed by atoms with Crippen LogP contribution in [0.1, 0.15) is 18.9 Å². The van der Waals surface area contributed by atoms with Gasteiger partial charge in [-0.1, -0.05) is 19.1 Å². The Bertz CT molecular complexity index is 715. The maximum atomic E-state index is 11.9. The van der Waals surface area contributed by atoms with Crippen LogP contribution in [-0.2, 0) is 11.3 Å². The number of nitrogens with one attached hydrogen (secondary N) is 2. The van der Waals surface area contributed by atoms with Gasteiger partial charge in [0.15, 0.2) is 6.61 Å². The van der Waals surface area contributed by atoms with Crippen LogP contribution in [0.2, 0.25) is 0 Å². The molecule has 2 aromatic rings. The summed E-state index contributed by atoms with van der Waals surface area (Å²) < 4.78 is 10.9. The second kappa shape index (κ2) is 9.93. The molecule has 138 valence electrons. The van der Waals surface area contributed by atoms with Crippen molar-refractivity contribution in [2.24, 2.45) is 5.73 Å².